The lowest BCUT2D eigenvalue weighted by Gasteiger charge is -2.07. The van der Waals surface area contributed by atoms with Crippen molar-refractivity contribution in [2.24, 2.45) is 0 Å². The molecule has 0 spiro atoms. The van der Waals surface area contributed by atoms with Gasteiger partial charge < -0.3 is 5.32 Å². The number of amides is 3. The van der Waals surface area contributed by atoms with Crippen LogP contribution in [0.15, 0.2) is 66.7 Å². The van der Waals surface area contributed by atoms with E-state index in [1.165, 1.54) is 6.08 Å². The number of hydrogen-bond acceptors (Lipinski definition) is 2. The number of para-hydroxylation sites is 1. The molecule has 0 saturated carbocycles. The predicted molar refractivity (Wildman–Crippen MR) is 82.2 cm³/mol. The van der Waals surface area contributed by atoms with Gasteiger partial charge in [0.2, 0.25) is 0 Å². The van der Waals surface area contributed by atoms with Gasteiger partial charge in [0.1, 0.15) is 0 Å². The van der Waals surface area contributed by atoms with Crippen molar-refractivity contribution in [1.29, 1.82) is 0 Å². The molecular formula is C16H15N3O2. The lowest BCUT2D eigenvalue weighted by atomic mass is 10.2. The van der Waals surface area contributed by atoms with Gasteiger partial charge in [-0.2, -0.15) is 0 Å². The van der Waals surface area contributed by atoms with Crippen molar-refractivity contribution in [3.63, 3.8) is 0 Å². The lowest BCUT2D eigenvalue weighted by Crippen LogP contribution is -2.43. The number of anilines is 1. The highest BCUT2D eigenvalue weighted by Crippen LogP contribution is 2.03. The Morgan fingerprint density at radius 1 is 0.810 bits per heavy atom. The van der Waals surface area contributed by atoms with Crippen LogP contribution in [0, 0.1) is 0 Å². The normalized spacial score (nSPS) is 10.1. The maximum atomic E-state index is 11.5. The third-order valence-electron chi connectivity index (χ3n) is 2.56. The second kappa shape index (κ2) is 7.49. The highest BCUT2D eigenvalue weighted by molar-refractivity contribution is 5.95. The fourth-order valence-electron chi connectivity index (χ4n) is 1.58. The van der Waals surface area contributed by atoms with E-state index in [1.54, 1.807) is 30.3 Å². The van der Waals surface area contributed by atoms with E-state index in [9.17, 15) is 9.59 Å². The van der Waals surface area contributed by atoms with Crippen LogP contribution in [0.4, 0.5) is 10.5 Å². The highest BCUT2D eigenvalue weighted by atomic mass is 16.2. The Morgan fingerprint density at radius 2 is 1.43 bits per heavy atom. The highest BCUT2D eigenvalue weighted by Gasteiger charge is 2.01. The van der Waals surface area contributed by atoms with Gasteiger partial charge in [-0.05, 0) is 23.8 Å². The van der Waals surface area contributed by atoms with E-state index in [0.29, 0.717) is 5.69 Å². The van der Waals surface area contributed by atoms with Crippen molar-refractivity contribution >= 4 is 23.7 Å². The van der Waals surface area contributed by atoms with Gasteiger partial charge in [-0.1, -0.05) is 48.5 Å². The smallest absolute Gasteiger partial charge is 0.307 e. The summed E-state index contributed by atoms with van der Waals surface area (Å²) >= 11 is 0. The summed E-state index contributed by atoms with van der Waals surface area (Å²) in [5.41, 5.74) is 6.10. The fraction of sp³-hybridized carbons (Fsp3) is 0. The van der Waals surface area contributed by atoms with Gasteiger partial charge in [-0.25, -0.2) is 10.2 Å². The van der Waals surface area contributed by atoms with Crippen LogP contribution < -0.4 is 16.2 Å². The van der Waals surface area contributed by atoms with Crippen LogP contribution in [0.3, 0.4) is 0 Å². The van der Waals surface area contributed by atoms with Crippen molar-refractivity contribution in [3.8, 4) is 0 Å². The van der Waals surface area contributed by atoms with E-state index in [1.807, 2.05) is 36.4 Å². The number of urea groups is 1. The molecule has 0 fully saturated rings. The molecule has 106 valence electrons. The first-order chi connectivity index (χ1) is 10.2. The summed E-state index contributed by atoms with van der Waals surface area (Å²) in [5, 5.41) is 2.58. The average Bonchev–Trinajstić information content (AvgIpc) is 2.53. The molecule has 0 heterocycles. The summed E-state index contributed by atoms with van der Waals surface area (Å²) < 4.78 is 0. The molecule has 0 aliphatic carbocycles. The largest absolute Gasteiger partial charge is 0.337 e. The molecule has 2 rings (SSSR count). The van der Waals surface area contributed by atoms with Crippen LogP contribution in [0.5, 0.6) is 0 Å². The van der Waals surface area contributed by atoms with E-state index in [4.69, 9.17) is 0 Å². The monoisotopic (exact) mass is 281 g/mol. The summed E-state index contributed by atoms with van der Waals surface area (Å²) in [7, 11) is 0. The van der Waals surface area contributed by atoms with Crippen LogP contribution in [0.25, 0.3) is 6.08 Å². The van der Waals surface area contributed by atoms with Gasteiger partial charge in [-0.3, -0.25) is 10.2 Å². The minimum atomic E-state index is -0.511. The second-order valence-corrected chi connectivity index (χ2v) is 4.18. The summed E-state index contributed by atoms with van der Waals surface area (Å²) in [6.07, 6.45) is 3.00. The van der Waals surface area contributed by atoms with Gasteiger partial charge in [0, 0.05) is 11.8 Å². The Balaban J connectivity index is 1.76. The second-order valence-electron chi connectivity index (χ2n) is 4.18. The maximum Gasteiger partial charge on any atom is 0.337 e. The number of nitrogens with one attached hydrogen (secondary N) is 3. The van der Waals surface area contributed by atoms with Crippen molar-refractivity contribution < 1.29 is 9.59 Å². The van der Waals surface area contributed by atoms with Gasteiger partial charge >= 0.3 is 6.03 Å². The van der Waals surface area contributed by atoms with Crippen LogP contribution in [0.1, 0.15) is 5.56 Å². The van der Waals surface area contributed by atoms with E-state index in [0.717, 1.165) is 5.56 Å². The molecule has 0 bridgehead atoms. The number of carbonyl (C=O) groups is 2. The molecule has 5 heteroatoms. The summed E-state index contributed by atoms with van der Waals surface area (Å²) in [6.45, 7) is 0. The molecule has 21 heavy (non-hydrogen) atoms. The molecule has 2 aromatic rings. The first-order valence-electron chi connectivity index (χ1n) is 6.39. The molecule has 3 amide bonds. The number of rotatable bonds is 3. The molecule has 0 atom stereocenters. The zero-order chi connectivity index (χ0) is 14.9. The standard InChI is InChI=1S/C16H15N3O2/c20-15(12-11-13-7-3-1-4-8-13)18-19-16(21)17-14-9-5-2-6-10-14/h1-12H,(H,18,20)(H2,17,19,21)/b12-11-. The van der Waals surface area contributed by atoms with E-state index >= 15 is 0 Å². The maximum absolute atomic E-state index is 11.5. The first-order valence-corrected chi connectivity index (χ1v) is 6.39. The molecule has 0 aliphatic rings. The molecule has 5 nitrogen and oxygen atoms in total. The first kappa shape index (κ1) is 14.3. The van der Waals surface area contributed by atoms with E-state index in [2.05, 4.69) is 16.2 Å². The number of hydrazine groups is 1. The minimum absolute atomic E-state index is 0.415. The lowest BCUT2D eigenvalue weighted by molar-refractivity contribution is -0.117. The fourth-order valence-corrected chi connectivity index (χ4v) is 1.58. The minimum Gasteiger partial charge on any atom is -0.307 e. The van der Waals surface area contributed by atoms with Crippen molar-refractivity contribution in [2.45, 2.75) is 0 Å². The number of carbonyl (C=O) groups excluding carboxylic acids is 2. The molecule has 0 aliphatic heterocycles. The molecule has 0 aromatic heterocycles. The third-order valence-corrected chi connectivity index (χ3v) is 2.56. The van der Waals surface area contributed by atoms with Crippen molar-refractivity contribution in [1.82, 2.24) is 10.9 Å². The van der Waals surface area contributed by atoms with Gasteiger partial charge in [-0.15, -0.1) is 0 Å². The van der Waals surface area contributed by atoms with Crippen LogP contribution in [-0.2, 0) is 4.79 Å². The summed E-state index contributed by atoms with van der Waals surface area (Å²) in [5.74, 6) is -0.415. The Bertz CT molecular complexity index is 624. The Kier molecular flexibility index (Phi) is 5.11. The molecule has 0 radical (unpaired) electrons. The average molecular weight is 281 g/mol. The van der Waals surface area contributed by atoms with Gasteiger partial charge in [0.15, 0.2) is 0 Å². The topological polar surface area (TPSA) is 70.2 Å². The van der Waals surface area contributed by atoms with Gasteiger partial charge in [0.05, 0.1) is 0 Å². The number of hydrogen-bond donors (Lipinski definition) is 3. The number of benzene rings is 2. The quantitative estimate of drug-likeness (QED) is 0.597. The summed E-state index contributed by atoms with van der Waals surface area (Å²) in [4.78, 5) is 23.1. The third kappa shape index (κ3) is 5.20. The molecule has 2 aromatic carbocycles. The molecule has 0 unspecified atom stereocenters. The van der Waals surface area contributed by atoms with E-state index in [-0.39, 0.29) is 0 Å². The van der Waals surface area contributed by atoms with Gasteiger partial charge in [0.25, 0.3) is 5.91 Å². The zero-order valence-corrected chi connectivity index (χ0v) is 11.2. The summed E-state index contributed by atoms with van der Waals surface area (Å²) in [6, 6.07) is 17.8. The van der Waals surface area contributed by atoms with E-state index < -0.39 is 11.9 Å². The Morgan fingerprint density at radius 3 is 2.10 bits per heavy atom. The van der Waals surface area contributed by atoms with Crippen molar-refractivity contribution in [3.05, 3.63) is 72.3 Å². The molecule has 3 N–H and O–H groups in total. The SMILES string of the molecule is O=C(/C=C\c1ccccc1)NNC(=O)Nc1ccccc1. The van der Waals surface area contributed by atoms with Crippen LogP contribution in [0.2, 0.25) is 0 Å². The predicted octanol–water partition coefficient (Wildman–Crippen LogP) is 2.55. The zero-order valence-electron chi connectivity index (χ0n) is 11.2. The van der Waals surface area contributed by atoms with Crippen LogP contribution in [-0.4, -0.2) is 11.9 Å². The Labute approximate surface area is 122 Å². The van der Waals surface area contributed by atoms with Crippen molar-refractivity contribution in [2.75, 3.05) is 5.32 Å². The van der Waals surface area contributed by atoms with Crippen LogP contribution >= 0.6 is 0 Å². The Hall–Kier alpha value is -3.08. The molecular weight excluding hydrogens is 266 g/mol. The molecule has 0 saturated heterocycles.